The van der Waals surface area contributed by atoms with E-state index in [1.54, 1.807) is 6.08 Å². The molecule has 0 bridgehead atoms. The van der Waals surface area contributed by atoms with Crippen molar-refractivity contribution >= 4 is 5.97 Å². The number of rotatable bonds is 9. The Morgan fingerprint density at radius 2 is 1.93 bits per heavy atom. The van der Waals surface area contributed by atoms with E-state index in [2.05, 4.69) is 43.9 Å². The maximum Gasteiger partial charge on any atom is 0.338 e. The SMILES string of the molecule is C=C/C=C(\CC)NCc1ccccc1-c1cc(CC)cc(C(=O)OCC)c1. The van der Waals surface area contributed by atoms with Crippen molar-refractivity contribution in [2.45, 2.75) is 40.2 Å². The molecular formula is C24H29NO2. The number of aryl methyl sites for hydroxylation is 1. The molecule has 0 radical (unpaired) electrons. The number of ether oxygens (including phenoxy) is 1. The van der Waals surface area contributed by atoms with E-state index in [1.807, 2.05) is 37.3 Å². The van der Waals surface area contributed by atoms with Crippen LogP contribution < -0.4 is 5.32 Å². The number of hydrogen-bond donors (Lipinski definition) is 1. The van der Waals surface area contributed by atoms with Crippen molar-refractivity contribution in [2.75, 3.05) is 6.61 Å². The van der Waals surface area contributed by atoms with Crippen molar-refractivity contribution in [1.29, 1.82) is 0 Å². The Labute approximate surface area is 162 Å². The summed E-state index contributed by atoms with van der Waals surface area (Å²) in [5.41, 5.74) is 6.23. The summed E-state index contributed by atoms with van der Waals surface area (Å²) in [5.74, 6) is -0.271. The normalized spacial score (nSPS) is 11.1. The third kappa shape index (κ3) is 5.58. The Kier molecular flexibility index (Phi) is 7.87. The summed E-state index contributed by atoms with van der Waals surface area (Å²) < 4.78 is 5.20. The fourth-order valence-electron chi connectivity index (χ4n) is 2.99. The lowest BCUT2D eigenvalue weighted by Crippen LogP contribution is -2.13. The van der Waals surface area contributed by atoms with Crippen molar-refractivity contribution in [3.05, 3.63) is 83.6 Å². The maximum atomic E-state index is 12.3. The highest BCUT2D eigenvalue weighted by Crippen LogP contribution is 2.27. The van der Waals surface area contributed by atoms with Crippen LogP contribution >= 0.6 is 0 Å². The van der Waals surface area contributed by atoms with Crippen LogP contribution in [0.4, 0.5) is 0 Å². The Morgan fingerprint density at radius 3 is 2.59 bits per heavy atom. The van der Waals surface area contributed by atoms with Gasteiger partial charge in [-0.15, -0.1) is 0 Å². The van der Waals surface area contributed by atoms with Gasteiger partial charge < -0.3 is 10.1 Å². The van der Waals surface area contributed by atoms with E-state index >= 15 is 0 Å². The minimum Gasteiger partial charge on any atom is -0.462 e. The number of esters is 1. The van der Waals surface area contributed by atoms with E-state index in [1.165, 1.54) is 5.56 Å². The van der Waals surface area contributed by atoms with Crippen LogP contribution in [0.3, 0.4) is 0 Å². The van der Waals surface area contributed by atoms with Crippen LogP contribution in [0.15, 0.2) is 66.9 Å². The molecule has 0 heterocycles. The fourth-order valence-corrected chi connectivity index (χ4v) is 2.99. The zero-order valence-electron chi connectivity index (χ0n) is 16.5. The van der Waals surface area contributed by atoms with Crippen molar-refractivity contribution in [1.82, 2.24) is 5.32 Å². The van der Waals surface area contributed by atoms with Crippen molar-refractivity contribution < 1.29 is 9.53 Å². The zero-order chi connectivity index (χ0) is 19.6. The first-order valence-electron chi connectivity index (χ1n) is 9.57. The van der Waals surface area contributed by atoms with Gasteiger partial charge in [0.05, 0.1) is 12.2 Å². The second-order valence-electron chi connectivity index (χ2n) is 6.28. The van der Waals surface area contributed by atoms with Gasteiger partial charge in [0, 0.05) is 12.2 Å². The predicted octanol–water partition coefficient (Wildman–Crippen LogP) is 5.66. The molecule has 0 atom stereocenters. The van der Waals surface area contributed by atoms with E-state index in [4.69, 9.17) is 4.74 Å². The van der Waals surface area contributed by atoms with Crippen LogP contribution in [0, 0.1) is 0 Å². The Bertz CT molecular complexity index is 821. The number of hydrogen-bond acceptors (Lipinski definition) is 3. The quantitative estimate of drug-likeness (QED) is 0.461. The zero-order valence-corrected chi connectivity index (χ0v) is 16.5. The molecule has 0 amide bonds. The third-order valence-electron chi connectivity index (χ3n) is 4.45. The lowest BCUT2D eigenvalue weighted by molar-refractivity contribution is 0.0526. The highest BCUT2D eigenvalue weighted by Gasteiger charge is 2.12. The van der Waals surface area contributed by atoms with Crippen LogP contribution in [0.2, 0.25) is 0 Å². The van der Waals surface area contributed by atoms with Gasteiger partial charge in [-0.2, -0.15) is 0 Å². The molecule has 0 spiro atoms. The minimum absolute atomic E-state index is 0.271. The molecule has 0 aliphatic heterocycles. The smallest absolute Gasteiger partial charge is 0.338 e. The Balaban J connectivity index is 2.40. The molecular weight excluding hydrogens is 334 g/mol. The van der Waals surface area contributed by atoms with Gasteiger partial charge in [-0.3, -0.25) is 0 Å². The Hall–Kier alpha value is -2.81. The molecule has 0 fully saturated rings. The van der Waals surface area contributed by atoms with Gasteiger partial charge in [-0.25, -0.2) is 4.79 Å². The number of benzene rings is 2. The van der Waals surface area contributed by atoms with Crippen LogP contribution in [0.25, 0.3) is 11.1 Å². The summed E-state index contributed by atoms with van der Waals surface area (Å²) in [6.45, 7) is 10.9. The lowest BCUT2D eigenvalue weighted by Gasteiger charge is -2.15. The second kappa shape index (κ2) is 10.4. The van der Waals surface area contributed by atoms with Gasteiger partial charge in [0.15, 0.2) is 0 Å². The first-order chi connectivity index (χ1) is 13.1. The van der Waals surface area contributed by atoms with E-state index in [9.17, 15) is 4.79 Å². The van der Waals surface area contributed by atoms with Crippen molar-refractivity contribution in [2.24, 2.45) is 0 Å². The number of carbonyl (C=O) groups is 1. The summed E-state index contributed by atoms with van der Waals surface area (Å²) in [5, 5.41) is 3.48. The van der Waals surface area contributed by atoms with E-state index in [-0.39, 0.29) is 5.97 Å². The van der Waals surface area contributed by atoms with Crippen LogP contribution in [0.1, 0.15) is 48.7 Å². The van der Waals surface area contributed by atoms with E-state index < -0.39 is 0 Å². The lowest BCUT2D eigenvalue weighted by atomic mass is 9.95. The van der Waals surface area contributed by atoms with Crippen LogP contribution in [-0.4, -0.2) is 12.6 Å². The molecule has 142 valence electrons. The van der Waals surface area contributed by atoms with Gasteiger partial charge in [0.25, 0.3) is 0 Å². The van der Waals surface area contributed by atoms with E-state index in [0.717, 1.165) is 41.8 Å². The maximum absolute atomic E-state index is 12.3. The van der Waals surface area contributed by atoms with Gasteiger partial charge in [0.1, 0.15) is 0 Å². The molecule has 2 aromatic rings. The topological polar surface area (TPSA) is 38.3 Å². The average molecular weight is 364 g/mol. The molecule has 0 aromatic heterocycles. The Morgan fingerprint density at radius 1 is 1.15 bits per heavy atom. The molecule has 27 heavy (non-hydrogen) atoms. The minimum atomic E-state index is -0.271. The van der Waals surface area contributed by atoms with E-state index in [0.29, 0.717) is 12.2 Å². The summed E-state index contributed by atoms with van der Waals surface area (Å²) in [6.07, 6.45) is 5.59. The molecule has 3 nitrogen and oxygen atoms in total. The largest absolute Gasteiger partial charge is 0.462 e. The van der Waals surface area contributed by atoms with Crippen LogP contribution in [0.5, 0.6) is 0 Å². The van der Waals surface area contributed by atoms with Gasteiger partial charge in [-0.1, -0.05) is 56.8 Å². The third-order valence-corrected chi connectivity index (χ3v) is 4.45. The molecule has 0 unspecified atom stereocenters. The van der Waals surface area contributed by atoms with Crippen LogP contribution in [-0.2, 0) is 17.7 Å². The molecule has 0 aliphatic carbocycles. The van der Waals surface area contributed by atoms with Gasteiger partial charge in [0.2, 0.25) is 0 Å². The summed E-state index contributed by atoms with van der Waals surface area (Å²) in [7, 11) is 0. The van der Waals surface area contributed by atoms with Gasteiger partial charge in [-0.05, 0) is 60.2 Å². The average Bonchev–Trinajstić information content (AvgIpc) is 2.71. The molecule has 1 N–H and O–H groups in total. The van der Waals surface area contributed by atoms with Crippen molar-refractivity contribution in [3.8, 4) is 11.1 Å². The fraction of sp³-hybridized carbons (Fsp3) is 0.292. The molecule has 0 saturated heterocycles. The number of carbonyl (C=O) groups excluding carboxylic acids is 1. The van der Waals surface area contributed by atoms with Gasteiger partial charge >= 0.3 is 5.97 Å². The molecule has 0 aliphatic rings. The monoisotopic (exact) mass is 363 g/mol. The number of nitrogens with one attached hydrogen (secondary N) is 1. The highest BCUT2D eigenvalue weighted by molar-refractivity contribution is 5.91. The molecule has 3 heteroatoms. The summed E-state index contributed by atoms with van der Waals surface area (Å²) in [4.78, 5) is 12.3. The number of allylic oxidation sites excluding steroid dienone is 3. The second-order valence-corrected chi connectivity index (χ2v) is 6.28. The molecule has 2 rings (SSSR count). The molecule has 0 saturated carbocycles. The first kappa shape index (κ1) is 20.5. The highest BCUT2D eigenvalue weighted by atomic mass is 16.5. The molecule has 2 aromatic carbocycles. The summed E-state index contributed by atoms with van der Waals surface area (Å²) >= 11 is 0. The first-order valence-corrected chi connectivity index (χ1v) is 9.57. The summed E-state index contributed by atoms with van der Waals surface area (Å²) in [6, 6.07) is 14.3. The standard InChI is InChI=1S/C24H29NO2/c1-5-11-22(7-3)25-17-19-12-9-10-13-23(19)20-14-18(6-2)15-21(16-20)24(26)27-8-4/h5,9-16,25H,1,6-8,17H2,2-4H3/b22-11+. The van der Waals surface area contributed by atoms with Crippen molar-refractivity contribution in [3.63, 3.8) is 0 Å². The predicted molar refractivity (Wildman–Crippen MR) is 113 cm³/mol.